The van der Waals surface area contributed by atoms with E-state index in [1.165, 1.54) is 28.7 Å². The number of anilines is 1. The smallest absolute Gasteiger partial charge is 0.236 e. The number of hydrogen-bond acceptors (Lipinski definition) is 5. The maximum Gasteiger partial charge on any atom is 0.236 e. The zero-order chi connectivity index (χ0) is 17.5. The topological polar surface area (TPSA) is 51.2 Å². The molecule has 6 heteroatoms. The Morgan fingerprint density at radius 3 is 2.64 bits per heavy atom. The number of carbonyl (C=O) groups is 1. The summed E-state index contributed by atoms with van der Waals surface area (Å²) in [6.07, 6.45) is 2.60. The summed E-state index contributed by atoms with van der Waals surface area (Å²) in [4.78, 5) is 18.5. The van der Waals surface area contributed by atoms with Crippen molar-refractivity contribution in [3.8, 4) is 5.75 Å². The number of thioether (sulfide) groups is 1. The molecule has 25 heavy (non-hydrogen) atoms. The fraction of sp³-hybridized carbons (Fsp3) is 0.158. The first kappa shape index (κ1) is 17.5. The molecule has 1 N–H and O–H groups in total. The van der Waals surface area contributed by atoms with E-state index in [-0.39, 0.29) is 5.91 Å². The predicted molar refractivity (Wildman–Crippen MR) is 104 cm³/mol. The van der Waals surface area contributed by atoms with Crippen molar-refractivity contribution in [2.75, 3.05) is 18.2 Å². The molecule has 0 saturated heterocycles. The van der Waals surface area contributed by atoms with Crippen LogP contribution in [-0.2, 0) is 11.2 Å². The summed E-state index contributed by atoms with van der Waals surface area (Å²) in [6, 6.07) is 17.8. The Morgan fingerprint density at radius 2 is 1.92 bits per heavy atom. The summed E-state index contributed by atoms with van der Waals surface area (Å²) in [5, 5.41) is 3.51. The molecule has 1 heterocycles. The quantitative estimate of drug-likeness (QED) is 0.623. The minimum absolute atomic E-state index is 0.0424. The number of benzene rings is 2. The molecule has 128 valence electrons. The van der Waals surface area contributed by atoms with Gasteiger partial charge < -0.3 is 10.1 Å². The molecule has 1 amide bonds. The third-order valence-electron chi connectivity index (χ3n) is 3.45. The summed E-state index contributed by atoms with van der Waals surface area (Å²) < 4.78 is 5.16. The molecule has 0 unspecified atom stereocenters. The number of rotatable bonds is 7. The normalized spacial score (nSPS) is 10.4. The fourth-order valence-electron chi connectivity index (χ4n) is 2.21. The van der Waals surface area contributed by atoms with Crippen LogP contribution in [0.1, 0.15) is 10.4 Å². The Morgan fingerprint density at radius 1 is 1.16 bits per heavy atom. The number of methoxy groups -OCH3 is 1. The Balaban J connectivity index is 1.51. The van der Waals surface area contributed by atoms with Crippen LogP contribution in [0.5, 0.6) is 5.75 Å². The van der Waals surface area contributed by atoms with Gasteiger partial charge in [-0.3, -0.25) is 4.79 Å². The zero-order valence-electron chi connectivity index (χ0n) is 13.8. The van der Waals surface area contributed by atoms with E-state index in [0.29, 0.717) is 10.9 Å². The molecular formula is C19H18N2O2S2. The maximum absolute atomic E-state index is 12.0. The molecule has 0 aliphatic heterocycles. The van der Waals surface area contributed by atoms with Crippen LogP contribution in [0.25, 0.3) is 0 Å². The van der Waals surface area contributed by atoms with E-state index in [4.69, 9.17) is 4.74 Å². The van der Waals surface area contributed by atoms with Gasteiger partial charge in [0.25, 0.3) is 0 Å². The lowest BCUT2D eigenvalue weighted by Gasteiger charge is -2.02. The van der Waals surface area contributed by atoms with E-state index in [2.05, 4.69) is 10.3 Å². The van der Waals surface area contributed by atoms with Crippen LogP contribution in [0, 0.1) is 0 Å². The highest BCUT2D eigenvalue weighted by Gasteiger charge is 2.08. The van der Waals surface area contributed by atoms with Crippen molar-refractivity contribution in [3.05, 3.63) is 71.2 Å². The number of thiazole rings is 1. The van der Waals surface area contributed by atoms with Gasteiger partial charge in [0.15, 0.2) is 5.13 Å². The lowest BCUT2D eigenvalue weighted by molar-refractivity contribution is -0.113. The van der Waals surface area contributed by atoms with E-state index in [9.17, 15) is 4.79 Å². The summed E-state index contributed by atoms with van der Waals surface area (Å²) in [5.41, 5.74) is 1.18. The van der Waals surface area contributed by atoms with Crippen molar-refractivity contribution >= 4 is 34.1 Å². The van der Waals surface area contributed by atoms with Gasteiger partial charge in [-0.2, -0.15) is 0 Å². The molecule has 0 aliphatic carbocycles. The van der Waals surface area contributed by atoms with Crippen LogP contribution in [0.3, 0.4) is 0 Å². The SMILES string of the molecule is COc1ccc(Cc2cnc(NC(=O)CSc3ccccc3)s2)cc1. The lowest BCUT2D eigenvalue weighted by Crippen LogP contribution is -2.13. The Bertz CT molecular complexity index is 817. The van der Waals surface area contributed by atoms with Crippen molar-refractivity contribution in [3.63, 3.8) is 0 Å². The molecule has 0 bridgehead atoms. The van der Waals surface area contributed by atoms with Crippen LogP contribution < -0.4 is 10.1 Å². The van der Waals surface area contributed by atoms with E-state index >= 15 is 0 Å². The monoisotopic (exact) mass is 370 g/mol. The van der Waals surface area contributed by atoms with Gasteiger partial charge in [-0.05, 0) is 29.8 Å². The Labute approximate surface area is 155 Å². The van der Waals surface area contributed by atoms with Crippen LogP contribution in [0.15, 0.2) is 65.7 Å². The number of ether oxygens (including phenoxy) is 1. The van der Waals surface area contributed by atoms with Crippen LogP contribution in [0.2, 0.25) is 0 Å². The van der Waals surface area contributed by atoms with E-state index < -0.39 is 0 Å². The fourth-order valence-corrected chi connectivity index (χ4v) is 3.79. The second-order valence-electron chi connectivity index (χ2n) is 5.31. The molecule has 4 nitrogen and oxygen atoms in total. The minimum atomic E-state index is -0.0424. The molecular weight excluding hydrogens is 352 g/mol. The van der Waals surface area contributed by atoms with Crippen LogP contribution in [-0.4, -0.2) is 23.8 Å². The van der Waals surface area contributed by atoms with Crippen molar-refractivity contribution in [2.24, 2.45) is 0 Å². The number of amides is 1. The first-order chi connectivity index (χ1) is 12.2. The Hall–Kier alpha value is -2.31. The van der Waals surface area contributed by atoms with Gasteiger partial charge in [0, 0.05) is 22.4 Å². The Kier molecular flexibility index (Phi) is 6.09. The third-order valence-corrected chi connectivity index (χ3v) is 5.38. The maximum atomic E-state index is 12.0. The van der Waals surface area contributed by atoms with E-state index in [1.54, 1.807) is 7.11 Å². The van der Waals surface area contributed by atoms with E-state index in [0.717, 1.165) is 21.9 Å². The van der Waals surface area contributed by atoms with Crippen molar-refractivity contribution < 1.29 is 9.53 Å². The summed E-state index contributed by atoms with van der Waals surface area (Å²) >= 11 is 3.02. The first-order valence-electron chi connectivity index (χ1n) is 7.78. The van der Waals surface area contributed by atoms with Crippen molar-refractivity contribution in [2.45, 2.75) is 11.3 Å². The molecule has 0 fully saturated rings. The molecule has 3 aromatic rings. The van der Waals surface area contributed by atoms with Crippen LogP contribution >= 0.6 is 23.1 Å². The second kappa shape index (κ2) is 8.69. The third kappa shape index (κ3) is 5.34. The van der Waals surface area contributed by atoms with Gasteiger partial charge >= 0.3 is 0 Å². The minimum Gasteiger partial charge on any atom is -0.497 e. The largest absolute Gasteiger partial charge is 0.497 e. The molecule has 1 aromatic heterocycles. The zero-order valence-corrected chi connectivity index (χ0v) is 15.4. The summed E-state index contributed by atoms with van der Waals surface area (Å²) in [5.74, 6) is 1.17. The first-order valence-corrected chi connectivity index (χ1v) is 9.58. The number of hydrogen-bond donors (Lipinski definition) is 1. The van der Waals surface area contributed by atoms with Gasteiger partial charge in [-0.25, -0.2) is 4.98 Å². The second-order valence-corrected chi connectivity index (χ2v) is 7.47. The van der Waals surface area contributed by atoms with E-state index in [1.807, 2.05) is 60.8 Å². The van der Waals surface area contributed by atoms with Crippen LogP contribution in [0.4, 0.5) is 5.13 Å². The van der Waals surface area contributed by atoms with Crippen molar-refractivity contribution in [1.29, 1.82) is 0 Å². The molecule has 0 aliphatic rings. The molecule has 2 aromatic carbocycles. The predicted octanol–water partition coefficient (Wildman–Crippen LogP) is 4.47. The average Bonchev–Trinajstić information content (AvgIpc) is 3.08. The van der Waals surface area contributed by atoms with Gasteiger partial charge in [0.05, 0.1) is 12.9 Å². The molecule has 3 rings (SSSR count). The highest BCUT2D eigenvalue weighted by atomic mass is 32.2. The molecule has 0 atom stereocenters. The highest BCUT2D eigenvalue weighted by molar-refractivity contribution is 8.00. The average molecular weight is 370 g/mol. The summed E-state index contributed by atoms with van der Waals surface area (Å²) in [6.45, 7) is 0. The standard InChI is InChI=1S/C19H18N2O2S2/c1-23-15-9-7-14(8-10-15)11-17-12-20-19(25-17)21-18(22)13-24-16-5-3-2-4-6-16/h2-10,12H,11,13H2,1H3,(H,20,21,22). The van der Waals surface area contributed by atoms with Gasteiger partial charge in [0.1, 0.15) is 5.75 Å². The number of carbonyl (C=O) groups excluding carboxylic acids is 1. The number of aromatic nitrogens is 1. The van der Waals surface area contributed by atoms with Gasteiger partial charge in [0.2, 0.25) is 5.91 Å². The van der Waals surface area contributed by atoms with Crippen molar-refractivity contribution in [1.82, 2.24) is 4.98 Å². The highest BCUT2D eigenvalue weighted by Crippen LogP contribution is 2.23. The number of nitrogens with one attached hydrogen (secondary N) is 1. The summed E-state index contributed by atoms with van der Waals surface area (Å²) in [7, 11) is 1.66. The molecule has 0 saturated carbocycles. The molecule has 0 spiro atoms. The van der Waals surface area contributed by atoms with Gasteiger partial charge in [-0.15, -0.1) is 23.1 Å². The number of nitrogens with zero attached hydrogens (tertiary/aromatic N) is 1. The molecule has 0 radical (unpaired) electrons. The van der Waals surface area contributed by atoms with Gasteiger partial charge in [-0.1, -0.05) is 30.3 Å². The lowest BCUT2D eigenvalue weighted by atomic mass is 10.1.